The number of nitrogens with one attached hydrogen (secondary N) is 2. The lowest BCUT2D eigenvalue weighted by Crippen LogP contribution is -2.48. The van der Waals surface area contributed by atoms with Crippen LogP contribution in [0.2, 0.25) is 10.0 Å². The van der Waals surface area contributed by atoms with E-state index in [1.54, 1.807) is 6.20 Å². The number of carbonyl (C=O) groups excluding carboxylic acids is 1. The molecular weight excluding hydrogens is 449 g/mol. The molecule has 1 amide bonds. The summed E-state index contributed by atoms with van der Waals surface area (Å²) >= 11 is 12.2. The Morgan fingerprint density at radius 1 is 1.22 bits per heavy atom. The van der Waals surface area contributed by atoms with Crippen LogP contribution >= 0.6 is 23.2 Å². The Bertz CT molecular complexity index is 986. The van der Waals surface area contributed by atoms with Crippen LogP contribution in [0.5, 0.6) is 0 Å². The molecular formula is C24H27Cl2N3O3. The number of halogens is 2. The molecule has 0 bridgehead atoms. The lowest BCUT2D eigenvalue weighted by Gasteiger charge is -2.33. The fourth-order valence-electron chi connectivity index (χ4n) is 4.05. The molecule has 2 atom stereocenters. The Morgan fingerprint density at radius 3 is 2.75 bits per heavy atom. The number of rotatable bonds is 7. The summed E-state index contributed by atoms with van der Waals surface area (Å²) in [4.78, 5) is 15.1. The largest absolute Gasteiger partial charge is 0.467 e. The van der Waals surface area contributed by atoms with Gasteiger partial charge in [-0.15, -0.1) is 0 Å². The van der Waals surface area contributed by atoms with Crippen LogP contribution in [0.15, 0.2) is 60.5 Å². The number of carbonyl (C=O) groups is 1. The average Bonchev–Trinajstić information content (AvgIpc) is 3.17. The van der Waals surface area contributed by atoms with Crippen LogP contribution in [0, 0.1) is 0 Å². The molecule has 2 N–H and O–H groups in total. The number of hydrogen-bond acceptors (Lipinski definition) is 5. The van der Waals surface area contributed by atoms with Gasteiger partial charge in [0.05, 0.1) is 29.2 Å². The van der Waals surface area contributed by atoms with Gasteiger partial charge in [-0.25, -0.2) is 0 Å². The third-order valence-electron chi connectivity index (χ3n) is 5.63. The van der Waals surface area contributed by atoms with Crippen molar-refractivity contribution in [3.05, 3.63) is 81.7 Å². The van der Waals surface area contributed by atoms with Gasteiger partial charge in [0.25, 0.3) is 0 Å². The number of hydrogen-bond donors (Lipinski definition) is 2. The number of morpholine rings is 1. The van der Waals surface area contributed by atoms with Gasteiger partial charge in [-0.2, -0.15) is 0 Å². The molecule has 0 aliphatic carbocycles. The Morgan fingerprint density at radius 2 is 2.03 bits per heavy atom. The summed E-state index contributed by atoms with van der Waals surface area (Å²) in [5.41, 5.74) is 1.12. The second-order valence-corrected chi connectivity index (χ2v) is 8.97. The van der Waals surface area contributed by atoms with Gasteiger partial charge >= 0.3 is 0 Å². The van der Waals surface area contributed by atoms with Crippen LogP contribution in [-0.2, 0) is 26.5 Å². The fraction of sp³-hybridized carbons (Fsp3) is 0.375. The molecule has 0 radical (unpaired) electrons. The van der Waals surface area contributed by atoms with Gasteiger partial charge < -0.3 is 20.1 Å². The fourth-order valence-corrected chi connectivity index (χ4v) is 4.37. The lowest BCUT2D eigenvalue weighted by atomic mass is 9.99. The van der Waals surface area contributed by atoms with E-state index < -0.39 is 5.72 Å². The van der Waals surface area contributed by atoms with Crippen LogP contribution in [0.4, 0.5) is 0 Å². The molecule has 0 saturated carbocycles. The predicted octanol–water partition coefficient (Wildman–Crippen LogP) is 4.03. The first kappa shape index (κ1) is 22.9. The maximum atomic E-state index is 12.8. The molecule has 2 heterocycles. The van der Waals surface area contributed by atoms with E-state index >= 15 is 0 Å². The first-order valence-corrected chi connectivity index (χ1v) is 11.4. The Balaban J connectivity index is 1.31. The summed E-state index contributed by atoms with van der Waals surface area (Å²) in [6.45, 7) is 5.22. The highest BCUT2D eigenvalue weighted by Gasteiger charge is 2.39. The van der Waals surface area contributed by atoms with E-state index in [2.05, 4.69) is 15.5 Å². The molecule has 2 aromatic carbocycles. The summed E-state index contributed by atoms with van der Waals surface area (Å²) in [6, 6.07) is 15.4. The van der Waals surface area contributed by atoms with Gasteiger partial charge in [-0.05, 0) is 24.6 Å². The van der Waals surface area contributed by atoms with Crippen molar-refractivity contribution in [3.63, 3.8) is 0 Å². The molecule has 8 heteroatoms. The second-order valence-electron chi connectivity index (χ2n) is 8.15. The predicted molar refractivity (Wildman–Crippen MR) is 125 cm³/mol. The molecule has 1 fully saturated rings. The van der Waals surface area contributed by atoms with Crippen molar-refractivity contribution in [2.45, 2.75) is 31.7 Å². The summed E-state index contributed by atoms with van der Waals surface area (Å²) in [7, 11) is 0. The zero-order valence-electron chi connectivity index (χ0n) is 17.9. The standard InChI is InChI=1S/C24H27Cl2N3O3/c1-17-13-28-24(32-17,19-5-3-2-4-6-19)12-23(30)27-14-20-16-29(9-10-31-20)15-18-7-8-21(25)22(26)11-18/h2-8,11,13,20,28H,9-10,12,14-16H2,1H3,(H,27,30)/t20-,24?/m1/s1. The maximum absolute atomic E-state index is 12.8. The molecule has 6 nitrogen and oxygen atoms in total. The van der Waals surface area contributed by atoms with Crippen molar-refractivity contribution < 1.29 is 14.3 Å². The van der Waals surface area contributed by atoms with Gasteiger partial charge in [0, 0.05) is 37.9 Å². The molecule has 0 spiro atoms. The molecule has 32 heavy (non-hydrogen) atoms. The molecule has 2 aliphatic heterocycles. The van der Waals surface area contributed by atoms with Crippen molar-refractivity contribution in [3.8, 4) is 0 Å². The van der Waals surface area contributed by atoms with Gasteiger partial charge in [0.15, 0.2) is 0 Å². The smallest absolute Gasteiger partial charge is 0.226 e. The van der Waals surface area contributed by atoms with E-state index in [0.29, 0.717) is 23.2 Å². The molecule has 2 aromatic rings. The third-order valence-corrected chi connectivity index (χ3v) is 6.37. The minimum absolute atomic E-state index is 0.0829. The van der Waals surface area contributed by atoms with Crippen molar-refractivity contribution in [2.75, 3.05) is 26.2 Å². The summed E-state index contributed by atoms with van der Waals surface area (Å²) in [5.74, 6) is 0.643. The van der Waals surface area contributed by atoms with E-state index in [-0.39, 0.29) is 18.4 Å². The van der Waals surface area contributed by atoms with Crippen molar-refractivity contribution >= 4 is 29.1 Å². The van der Waals surface area contributed by atoms with E-state index in [0.717, 1.165) is 36.5 Å². The Kier molecular flexibility index (Phi) is 7.26. The number of benzene rings is 2. The maximum Gasteiger partial charge on any atom is 0.226 e. The summed E-state index contributed by atoms with van der Waals surface area (Å²) in [5, 5.41) is 7.37. The van der Waals surface area contributed by atoms with Crippen molar-refractivity contribution in [1.82, 2.24) is 15.5 Å². The molecule has 170 valence electrons. The Labute approximate surface area is 198 Å². The van der Waals surface area contributed by atoms with Crippen LogP contribution in [0.3, 0.4) is 0 Å². The number of allylic oxidation sites excluding steroid dienone is 1. The SMILES string of the molecule is CC1=CNC(CC(=O)NC[C@@H]2CN(Cc3ccc(Cl)c(Cl)c3)CCO2)(c2ccccc2)O1. The Hall–Kier alpha value is -2.25. The zero-order chi connectivity index (χ0) is 22.6. The second kappa shape index (κ2) is 10.1. The van der Waals surface area contributed by atoms with Gasteiger partial charge in [-0.3, -0.25) is 9.69 Å². The lowest BCUT2D eigenvalue weighted by molar-refractivity contribution is -0.128. The first-order chi connectivity index (χ1) is 15.4. The minimum atomic E-state index is -0.886. The van der Waals surface area contributed by atoms with Crippen LogP contribution < -0.4 is 10.6 Å². The molecule has 2 aliphatic rings. The van der Waals surface area contributed by atoms with Crippen LogP contribution in [0.25, 0.3) is 0 Å². The van der Waals surface area contributed by atoms with E-state index in [4.69, 9.17) is 32.7 Å². The topological polar surface area (TPSA) is 62.8 Å². The number of amides is 1. The van der Waals surface area contributed by atoms with Crippen molar-refractivity contribution in [2.24, 2.45) is 0 Å². The summed E-state index contributed by atoms with van der Waals surface area (Å²) < 4.78 is 11.9. The van der Waals surface area contributed by atoms with Crippen molar-refractivity contribution in [1.29, 1.82) is 0 Å². The highest BCUT2D eigenvalue weighted by molar-refractivity contribution is 6.42. The van der Waals surface area contributed by atoms with Gasteiger partial charge in [0.1, 0.15) is 5.76 Å². The molecule has 1 saturated heterocycles. The van der Waals surface area contributed by atoms with Crippen LogP contribution in [0.1, 0.15) is 24.5 Å². The average molecular weight is 476 g/mol. The van der Waals surface area contributed by atoms with E-state index in [1.165, 1.54) is 0 Å². The van der Waals surface area contributed by atoms with E-state index in [1.807, 2.05) is 55.5 Å². The highest BCUT2D eigenvalue weighted by atomic mass is 35.5. The first-order valence-electron chi connectivity index (χ1n) is 10.7. The minimum Gasteiger partial charge on any atom is -0.467 e. The third kappa shape index (κ3) is 5.56. The highest BCUT2D eigenvalue weighted by Crippen LogP contribution is 2.33. The number of ether oxygens (including phenoxy) is 2. The monoisotopic (exact) mass is 475 g/mol. The number of nitrogens with zero attached hydrogens (tertiary/aromatic N) is 1. The van der Waals surface area contributed by atoms with Crippen LogP contribution in [-0.4, -0.2) is 43.2 Å². The summed E-state index contributed by atoms with van der Waals surface area (Å²) in [6.07, 6.45) is 1.87. The van der Waals surface area contributed by atoms with E-state index in [9.17, 15) is 4.79 Å². The molecule has 1 unspecified atom stereocenters. The van der Waals surface area contributed by atoms with Gasteiger partial charge in [-0.1, -0.05) is 59.6 Å². The van der Waals surface area contributed by atoms with Gasteiger partial charge in [0.2, 0.25) is 11.6 Å². The normalized spacial score (nSPS) is 23.2. The molecule has 4 rings (SSSR count). The molecule has 0 aromatic heterocycles. The zero-order valence-corrected chi connectivity index (χ0v) is 19.5. The quantitative estimate of drug-likeness (QED) is 0.632.